The number of fused-ring (bicyclic) bond motifs is 1. The highest BCUT2D eigenvalue weighted by Crippen LogP contribution is 2.45. The Morgan fingerprint density at radius 2 is 1.95 bits per heavy atom. The van der Waals surface area contributed by atoms with Crippen LogP contribution >= 0.6 is 22.9 Å². The number of halogens is 1. The molecule has 1 atom stereocenters. The molecule has 8 heteroatoms. The van der Waals surface area contributed by atoms with Crippen LogP contribution in [-0.4, -0.2) is 45.4 Å². The Bertz CT molecular complexity index is 1490. The number of aromatic nitrogens is 2. The number of likely N-dealkylation sites (tertiary alicyclic amines) is 1. The van der Waals surface area contributed by atoms with E-state index in [1.807, 2.05) is 71.2 Å². The molecule has 6 rings (SSSR count). The quantitative estimate of drug-likeness (QED) is 0.319. The molecule has 0 spiro atoms. The summed E-state index contributed by atoms with van der Waals surface area (Å²) >= 11 is 7.90. The number of nitrogens with zero attached hydrogens (tertiary/aromatic N) is 3. The van der Waals surface area contributed by atoms with Crippen LogP contribution in [0.5, 0.6) is 0 Å². The van der Waals surface area contributed by atoms with E-state index in [9.17, 15) is 9.59 Å². The lowest BCUT2D eigenvalue weighted by Gasteiger charge is -2.35. The van der Waals surface area contributed by atoms with Gasteiger partial charge in [0.05, 0.1) is 15.4 Å². The standard InChI is InChI=1S/C29H29ClN4O2S/c1-33-17-23(22-10-2-3-11-24(22)33)27(35)31-16-21-9-4-5-14-34(21)29(36)25-26(19-7-6-8-20(30)15-19)37-28(32-25)18-12-13-18/h2-3,6-8,10-11,15,17-18,21H,4-5,9,12-14,16H2,1H3,(H,31,35)/t21-/m0/s1. The van der Waals surface area contributed by atoms with Crippen LogP contribution in [0.4, 0.5) is 0 Å². The van der Waals surface area contributed by atoms with Crippen molar-refractivity contribution in [2.45, 2.75) is 44.1 Å². The second-order valence-electron chi connectivity index (χ2n) is 10.0. The van der Waals surface area contributed by atoms with Crippen LogP contribution in [0.3, 0.4) is 0 Å². The summed E-state index contributed by atoms with van der Waals surface area (Å²) in [6.45, 7) is 1.08. The zero-order chi connectivity index (χ0) is 25.5. The van der Waals surface area contributed by atoms with Crippen molar-refractivity contribution in [1.82, 2.24) is 19.8 Å². The van der Waals surface area contributed by atoms with Crippen molar-refractivity contribution < 1.29 is 9.59 Å². The number of carbonyl (C=O) groups is 2. The molecule has 2 aliphatic rings. The summed E-state index contributed by atoms with van der Waals surface area (Å²) in [6.07, 6.45) is 6.96. The molecule has 1 saturated carbocycles. The van der Waals surface area contributed by atoms with Gasteiger partial charge in [0.2, 0.25) is 0 Å². The van der Waals surface area contributed by atoms with E-state index in [4.69, 9.17) is 16.6 Å². The van der Waals surface area contributed by atoms with Crippen molar-refractivity contribution in [3.63, 3.8) is 0 Å². The van der Waals surface area contributed by atoms with Gasteiger partial charge in [-0.25, -0.2) is 4.98 Å². The molecule has 2 aromatic carbocycles. The summed E-state index contributed by atoms with van der Waals surface area (Å²) in [7, 11) is 1.95. The van der Waals surface area contributed by atoms with E-state index in [1.54, 1.807) is 11.3 Å². The lowest BCUT2D eigenvalue weighted by atomic mass is 10.0. The highest BCUT2D eigenvalue weighted by molar-refractivity contribution is 7.15. The van der Waals surface area contributed by atoms with Crippen molar-refractivity contribution in [2.24, 2.45) is 7.05 Å². The predicted octanol–water partition coefficient (Wildman–Crippen LogP) is 6.26. The van der Waals surface area contributed by atoms with E-state index in [2.05, 4.69) is 5.32 Å². The number of para-hydroxylation sites is 1. The van der Waals surface area contributed by atoms with Crippen LogP contribution in [0, 0.1) is 0 Å². The molecule has 0 radical (unpaired) electrons. The third-order valence-electron chi connectivity index (χ3n) is 7.39. The fourth-order valence-electron chi connectivity index (χ4n) is 5.26. The van der Waals surface area contributed by atoms with Gasteiger partial charge in [-0.2, -0.15) is 0 Å². The van der Waals surface area contributed by atoms with Crippen LogP contribution in [-0.2, 0) is 7.05 Å². The third kappa shape index (κ3) is 4.78. The fourth-order valence-corrected chi connectivity index (χ4v) is 6.67. The number of piperidine rings is 1. The van der Waals surface area contributed by atoms with E-state index in [0.717, 1.165) is 58.5 Å². The first-order valence-corrected chi connectivity index (χ1v) is 14.1. The zero-order valence-electron chi connectivity index (χ0n) is 20.7. The van der Waals surface area contributed by atoms with Crippen molar-refractivity contribution in [3.8, 4) is 10.4 Å². The summed E-state index contributed by atoms with van der Waals surface area (Å²) in [6, 6.07) is 15.5. The largest absolute Gasteiger partial charge is 0.350 e. The second-order valence-corrected chi connectivity index (χ2v) is 11.5. The van der Waals surface area contributed by atoms with Gasteiger partial charge in [-0.1, -0.05) is 41.9 Å². The Kier molecular flexibility index (Phi) is 6.51. The highest BCUT2D eigenvalue weighted by atomic mass is 35.5. The van der Waals surface area contributed by atoms with Gasteiger partial charge in [-0.05, 0) is 55.9 Å². The molecule has 3 heterocycles. The van der Waals surface area contributed by atoms with Crippen molar-refractivity contribution in [3.05, 3.63) is 76.0 Å². The van der Waals surface area contributed by atoms with Gasteiger partial charge in [0.25, 0.3) is 11.8 Å². The van der Waals surface area contributed by atoms with Crippen molar-refractivity contribution >= 4 is 45.7 Å². The fraction of sp³-hybridized carbons (Fsp3) is 0.345. The Balaban J connectivity index is 1.24. The lowest BCUT2D eigenvalue weighted by Crippen LogP contribution is -2.49. The van der Waals surface area contributed by atoms with E-state index in [-0.39, 0.29) is 17.9 Å². The summed E-state index contributed by atoms with van der Waals surface area (Å²) in [4.78, 5) is 34.8. The molecular formula is C29H29ClN4O2S. The van der Waals surface area contributed by atoms with Gasteiger partial charge in [-0.3, -0.25) is 9.59 Å². The molecule has 1 aliphatic heterocycles. The molecule has 2 amide bonds. The van der Waals surface area contributed by atoms with Gasteiger partial charge in [0, 0.05) is 54.2 Å². The Morgan fingerprint density at radius 3 is 2.76 bits per heavy atom. The van der Waals surface area contributed by atoms with E-state index in [0.29, 0.717) is 35.3 Å². The number of benzene rings is 2. The number of carbonyl (C=O) groups excluding carboxylic acids is 2. The molecule has 4 aromatic rings. The number of thiazole rings is 1. The Morgan fingerprint density at radius 1 is 1.11 bits per heavy atom. The average molecular weight is 533 g/mol. The number of aryl methyl sites for hydroxylation is 1. The highest BCUT2D eigenvalue weighted by Gasteiger charge is 2.34. The molecular weight excluding hydrogens is 504 g/mol. The smallest absolute Gasteiger partial charge is 0.274 e. The van der Waals surface area contributed by atoms with Crippen LogP contribution in [0.1, 0.15) is 63.9 Å². The van der Waals surface area contributed by atoms with Gasteiger partial charge >= 0.3 is 0 Å². The third-order valence-corrected chi connectivity index (χ3v) is 8.89. The number of nitrogens with one attached hydrogen (secondary N) is 1. The van der Waals surface area contributed by atoms with Crippen LogP contribution in [0.2, 0.25) is 5.02 Å². The predicted molar refractivity (Wildman–Crippen MR) is 148 cm³/mol. The van der Waals surface area contributed by atoms with Gasteiger partial charge in [-0.15, -0.1) is 11.3 Å². The minimum absolute atomic E-state index is 0.0535. The molecule has 2 aromatic heterocycles. The molecule has 1 saturated heterocycles. The Labute approximate surface area is 225 Å². The van der Waals surface area contributed by atoms with Gasteiger partial charge < -0.3 is 14.8 Å². The molecule has 0 unspecified atom stereocenters. The molecule has 2 fully saturated rings. The van der Waals surface area contributed by atoms with E-state index in [1.165, 1.54) is 0 Å². The number of amides is 2. The number of hydrogen-bond acceptors (Lipinski definition) is 4. The average Bonchev–Trinajstić information content (AvgIpc) is 3.58. The van der Waals surface area contributed by atoms with Crippen LogP contribution < -0.4 is 5.32 Å². The van der Waals surface area contributed by atoms with Crippen LogP contribution in [0.25, 0.3) is 21.3 Å². The summed E-state index contributed by atoms with van der Waals surface area (Å²) in [5.74, 6) is 0.294. The minimum atomic E-state index is -0.112. The van der Waals surface area contributed by atoms with E-state index >= 15 is 0 Å². The first kappa shape index (κ1) is 24.2. The van der Waals surface area contributed by atoms with Gasteiger partial charge in [0.15, 0.2) is 0 Å². The lowest BCUT2D eigenvalue weighted by molar-refractivity contribution is 0.0598. The first-order chi connectivity index (χ1) is 18.0. The summed E-state index contributed by atoms with van der Waals surface area (Å²) < 4.78 is 1.97. The molecule has 0 bridgehead atoms. The summed E-state index contributed by atoms with van der Waals surface area (Å²) in [5.41, 5.74) is 3.12. The minimum Gasteiger partial charge on any atom is -0.350 e. The molecule has 6 nitrogen and oxygen atoms in total. The number of rotatable bonds is 6. The zero-order valence-corrected chi connectivity index (χ0v) is 22.3. The Hall–Kier alpha value is -3.16. The SMILES string of the molecule is Cn1cc(C(=O)NC[C@@H]2CCCCN2C(=O)c2nc(C3CC3)sc2-c2cccc(Cl)c2)c2ccccc21. The maximum Gasteiger partial charge on any atom is 0.274 e. The normalized spacial score (nSPS) is 17.8. The van der Waals surface area contributed by atoms with Crippen LogP contribution in [0.15, 0.2) is 54.7 Å². The molecule has 1 aliphatic carbocycles. The van der Waals surface area contributed by atoms with Crippen molar-refractivity contribution in [2.75, 3.05) is 13.1 Å². The first-order valence-electron chi connectivity index (χ1n) is 12.9. The maximum absolute atomic E-state index is 14.0. The van der Waals surface area contributed by atoms with E-state index < -0.39 is 0 Å². The molecule has 1 N–H and O–H groups in total. The topological polar surface area (TPSA) is 67.2 Å². The monoisotopic (exact) mass is 532 g/mol. The molecule has 37 heavy (non-hydrogen) atoms. The van der Waals surface area contributed by atoms with Crippen molar-refractivity contribution in [1.29, 1.82) is 0 Å². The number of hydrogen-bond donors (Lipinski definition) is 1. The maximum atomic E-state index is 14.0. The van der Waals surface area contributed by atoms with Gasteiger partial charge in [0.1, 0.15) is 5.69 Å². The second kappa shape index (κ2) is 9.95. The molecule has 190 valence electrons. The summed E-state index contributed by atoms with van der Waals surface area (Å²) in [5, 5.41) is 5.73.